The van der Waals surface area contributed by atoms with Crippen LogP contribution in [0.2, 0.25) is 0 Å². The Kier molecular flexibility index (Phi) is 6.73. The molecule has 0 atom stereocenters. The summed E-state index contributed by atoms with van der Waals surface area (Å²) in [7, 11) is 1.65. The summed E-state index contributed by atoms with van der Waals surface area (Å²) in [5.41, 5.74) is 2.87. The third-order valence-corrected chi connectivity index (χ3v) is 6.73. The molecule has 0 N–H and O–H groups in total. The molecule has 5 rings (SSSR count). The van der Waals surface area contributed by atoms with E-state index >= 15 is 0 Å². The lowest BCUT2D eigenvalue weighted by molar-refractivity contribution is 0.214. The van der Waals surface area contributed by atoms with Crippen molar-refractivity contribution < 1.29 is 9.15 Å². The number of piperidine rings is 1. The Bertz CT molecular complexity index is 1170. The highest BCUT2D eigenvalue weighted by Crippen LogP contribution is 2.28. The van der Waals surface area contributed by atoms with Crippen LogP contribution < -0.4 is 4.74 Å². The van der Waals surface area contributed by atoms with Gasteiger partial charge in [0.25, 0.3) is 0 Å². The number of likely N-dealkylation sites (tertiary alicyclic amines) is 1. The molecule has 170 valence electrons. The van der Waals surface area contributed by atoms with E-state index in [0.29, 0.717) is 11.6 Å². The van der Waals surface area contributed by atoms with Crippen molar-refractivity contribution >= 4 is 11.8 Å². The fourth-order valence-electron chi connectivity index (χ4n) is 4.03. The number of aromatic nitrogens is 4. The monoisotopic (exact) mass is 461 g/mol. The average molecular weight is 462 g/mol. The van der Waals surface area contributed by atoms with Crippen molar-refractivity contribution in [3.63, 3.8) is 0 Å². The van der Waals surface area contributed by atoms with Crippen molar-refractivity contribution in [1.82, 2.24) is 24.6 Å². The SMILES string of the molecule is COc1ccc(-c2nc(CSc3nnc(CN4CCCCC4)n3-c3ccccc3)co2)cc1. The Balaban J connectivity index is 1.33. The van der Waals surface area contributed by atoms with Crippen LogP contribution in [0.3, 0.4) is 0 Å². The molecule has 7 nitrogen and oxygen atoms in total. The van der Waals surface area contributed by atoms with E-state index in [1.165, 1.54) is 19.3 Å². The molecule has 8 heteroatoms. The highest BCUT2D eigenvalue weighted by Gasteiger charge is 2.19. The van der Waals surface area contributed by atoms with Gasteiger partial charge in [-0.05, 0) is 62.3 Å². The van der Waals surface area contributed by atoms with Crippen molar-refractivity contribution in [3.05, 3.63) is 72.4 Å². The highest BCUT2D eigenvalue weighted by molar-refractivity contribution is 7.98. The van der Waals surface area contributed by atoms with Gasteiger partial charge in [-0.25, -0.2) is 4.98 Å². The molecule has 1 aliphatic rings. The summed E-state index contributed by atoms with van der Waals surface area (Å²) in [5.74, 6) is 3.03. The lowest BCUT2D eigenvalue weighted by Gasteiger charge is -2.26. The molecule has 0 radical (unpaired) electrons. The van der Waals surface area contributed by atoms with Crippen LogP contribution in [0.1, 0.15) is 30.8 Å². The third kappa shape index (κ3) is 5.12. The Hall–Kier alpha value is -3.10. The molecule has 0 spiro atoms. The van der Waals surface area contributed by atoms with Crippen molar-refractivity contribution in [2.24, 2.45) is 0 Å². The van der Waals surface area contributed by atoms with Gasteiger partial charge in [-0.2, -0.15) is 0 Å². The number of nitrogens with zero attached hydrogens (tertiary/aromatic N) is 5. The molecule has 0 unspecified atom stereocenters. The molecule has 2 aromatic carbocycles. The number of rotatable bonds is 8. The molecule has 0 aliphatic carbocycles. The van der Waals surface area contributed by atoms with E-state index in [2.05, 4.69) is 36.8 Å². The van der Waals surface area contributed by atoms with Gasteiger partial charge < -0.3 is 9.15 Å². The molecule has 0 amide bonds. The minimum absolute atomic E-state index is 0.601. The fraction of sp³-hybridized carbons (Fsp3) is 0.320. The first-order valence-corrected chi connectivity index (χ1v) is 12.2. The lowest BCUT2D eigenvalue weighted by Crippen LogP contribution is -2.30. The lowest BCUT2D eigenvalue weighted by atomic mass is 10.1. The second-order valence-electron chi connectivity index (χ2n) is 8.07. The molecule has 0 bridgehead atoms. The van der Waals surface area contributed by atoms with Crippen molar-refractivity contribution in [1.29, 1.82) is 0 Å². The van der Waals surface area contributed by atoms with Gasteiger partial charge in [0.05, 0.1) is 19.3 Å². The number of oxazole rings is 1. The van der Waals surface area contributed by atoms with Crippen LogP contribution in [0.25, 0.3) is 17.1 Å². The van der Waals surface area contributed by atoms with Gasteiger partial charge in [0, 0.05) is 17.0 Å². The van der Waals surface area contributed by atoms with E-state index in [0.717, 1.165) is 53.3 Å². The average Bonchev–Trinajstić information content (AvgIpc) is 3.51. The normalized spacial score (nSPS) is 14.5. The number of hydrogen-bond donors (Lipinski definition) is 0. The summed E-state index contributed by atoms with van der Waals surface area (Å²) in [5, 5.41) is 9.96. The van der Waals surface area contributed by atoms with Gasteiger partial charge in [0.1, 0.15) is 12.0 Å². The predicted molar refractivity (Wildman–Crippen MR) is 129 cm³/mol. The van der Waals surface area contributed by atoms with Gasteiger partial charge in [-0.15, -0.1) is 10.2 Å². The first-order valence-electron chi connectivity index (χ1n) is 11.2. The third-order valence-electron chi connectivity index (χ3n) is 5.77. The Morgan fingerprint density at radius 2 is 1.76 bits per heavy atom. The van der Waals surface area contributed by atoms with E-state index in [4.69, 9.17) is 9.15 Å². The van der Waals surface area contributed by atoms with E-state index in [1.54, 1.807) is 25.1 Å². The molecule has 1 fully saturated rings. The van der Waals surface area contributed by atoms with E-state index in [1.807, 2.05) is 42.5 Å². The quantitative estimate of drug-likeness (QED) is 0.334. The van der Waals surface area contributed by atoms with E-state index in [9.17, 15) is 0 Å². The van der Waals surface area contributed by atoms with Gasteiger partial charge >= 0.3 is 0 Å². The molecule has 4 aromatic rings. The molecule has 1 aliphatic heterocycles. The zero-order valence-corrected chi connectivity index (χ0v) is 19.5. The first-order chi connectivity index (χ1) is 16.3. The Morgan fingerprint density at radius 3 is 2.52 bits per heavy atom. The number of methoxy groups -OCH3 is 1. The minimum Gasteiger partial charge on any atom is -0.497 e. The summed E-state index contributed by atoms with van der Waals surface area (Å²) < 4.78 is 13.1. The summed E-state index contributed by atoms with van der Waals surface area (Å²) in [6.07, 6.45) is 5.54. The second kappa shape index (κ2) is 10.2. The van der Waals surface area contributed by atoms with Gasteiger partial charge in [0.15, 0.2) is 11.0 Å². The molecule has 3 heterocycles. The summed E-state index contributed by atoms with van der Waals surface area (Å²) >= 11 is 1.62. The van der Waals surface area contributed by atoms with Crippen molar-refractivity contribution in [3.8, 4) is 22.9 Å². The molecule has 0 saturated carbocycles. The maximum Gasteiger partial charge on any atom is 0.226 e. The fourth-order valence-corrected chi connectivity index (χ4v) is 4.88. The number of hydrogen-bond acceptors (Lipinski definition) is 7. The number of para-hydroxylation sites is 1. The number of thioether (sulfide) groups is 1. The summed E-state index contributed by atoms with van der Waals surface area (Å²) in [6, 6.07) is 18.0. The maximum atomic E-state index is 5.72. The highest BCUT2D eigenvalue weighted by atomic mass is 32.2. The molecule has 2 aromatic heterocycles. The van der Waals surface area contributed by atoms with Crippen molar-refractivity contribution in [2.75, 3.05) is 20.2 Å². The maximum absolute atomic E-state index is 5.72. The van der Waals surface area contributed by atoms with Crippen molar-refractivity contribution in [2.45, 2.75) is 36.7 Å². The number of benzene rings is 2. The smallest absolute Gasteiger partial charge is 0.226 e. The molecule has 33 heavy (non-hydrogen) atoms. The van der Waals surface area contributed by atoms with Crippen LogP contribution in [-0.4, -0.2) is 44.8 Å². The zero-order chi connectivity index (χ0) is 22.5. The largest absolute Gasteiger partial charge is 0.497 e. The van der Waals surface area contributed by atoms with Crippen LogP contribution in [0, 0.1) is 0 Å². The van der Waals surface area contributed by atoms with Crippen LogP contribution in [-0.2, 0) is 12.3 Å². The van der Waals surface area contributed by atoms with Crippen LogP contribution >= 0.6 is 11.8 Å². The van der Waals surface area contributed by atoms with E-state index < -0.39 is 0 Å². The summed E-state index contributed by atoms with van der Waals surface area (Å²) in [6.45, 7) is 3.06. The second-order valence-corrected chi connectivity index (χ2v) is 9.01. The van der Waals surface area contributed by atoms with Gasteiger partial charge in [-0.1, -0.05) is 36.4 Å². The molecular formula is C25H27N5O2S. The topological polar surface area (TPSA) is 69.2 Å². The van der Waals surface area contributed by atoms with Crippen LogP contribution in [0.15, 0.2) is 70.4 Å². The zero-order valence-electron chi connectivity index (χ0n) is 18.7. The minimum atomic E-state index is 0.601. The van der Waals surface area contributed by atoms with Crippen LogP contribution in [0.4, 0.5) is 0 Å². The molecular weight excluding hydrogens is 434 g/mol. The Labute approximate surface area is 197 Å². The van der Waals surface area contributed by atoms with Gasteiger partial charge in [0.2, 0.25) is 5.89 Å². The standard InChI is InChI=1S/C25H27N5O2S/c1-31-22-12-10-19(11-13-22)24-26-20(17-32-24)18-33-25-28-27-23(16-29-14-6-3-7-15-29)30(25)21-8-4-2-5-9-21/h2,4-5,8-13,17H,3,6-7,14-16,18H2,1H3. The number of ether oxygens (including phenoxy) is 1. The predicted octanol–water partition coefficient (Wildman–Crippen LogP) is 5.21. The first kappa shape index (κ1) is 21.7. The van der Waals surface area contributed by atoms with Gasteiger partial charge in [-0.3, -0.25) is 9.47 Å². The summed E-state index contributed by atoms with van der Waals surface area (Å²) in [4.78, 5) is 7.13. The molecule has 1 saturated heterocycles. The van der Waals surface area contributed by atoms with Crippen LogP contribution in [0.5, 0.6) is 5.75 Å². The Morgan fingerprint density at radius 1 is 0.970 bits per heavy atom. The van der Waals surface area contributed by atoms with E-state index in [-0.39, 0.29) is 0 Å².